The fraction of sp³-hybridized carbons (Fsp3) is 0.303. The van der Waals surface area contributed by atoms with Crippen molar-refractivity contribution in [1.29, 1.82) is 0 Å². The molecule has 1 aliphatic rings. The van der Waals surface area contributed by atoms with Gasteiger partial charge in [0.15, 0.2) is 5.11 Å². The zero-order valence-corrected chi connectivity index (χ0v) is 25.1. The Kier molecular flexibility index (Phi) is 7.51. The predicted molar refractivity (Wildman–Crippen MR) is 167 cm³/mol. The highest BCUT2D eigenvalue weighted by molar-refractivity contribution is 7.80. The number of rotatable bonds is 6. The summed E-state index contributed by atoms with van der Waals surface area (Å²) in [6.45, 7) is 14.5. The molecular weight excluding hydrogens is 514 g/mol. The molecule has 2 N–H and O–H groups in total. The average molecular weight is 552 g/mol. The standard InChI is InChI=1S/C33H37N5OS/c1-19(2)32(39)35-27-15-14-25(17-22(27)5)38-31(29(36-33(38)40)28-13-8-9-16-34-28)26-18-23(6)37(24(26)7)30-20(3)11-10-12-21(30)4/h8-19,29,31H,1-7H3,(H,35,39)(H,36,40). The van der Waals surface area contributed by atoms with Crippen LogP contribution < -0.4 is 15.5 Å². The number of aromatic nitrogens is 2. The van der Waals surface area contributed by atoms with Gasteiger partial charge in [-0.1, -0.05) is 38.1 Å². The largest absolute Gasteiger partial charge is 0.351 e. The Bertz CT molecular complexity index is 1570. The maximum Gasteiger partial charge on any atom is 0.226 e. The summed E-state index contributed by atoms with van der Waals surface area (Å²) < 4.78 is 2.37. The zero-order chi connectivity index (χ0) is 28.7. The lowest BCUT2D eigenvalue weighted by Crippen LogP contribution is -2.29. The van der Waals surface area contributed by atoms with Gasteiger partial charge in [0.25, 0.3) is 0 Å². The van der Waals surface area contributed by atoms with Crippen molar-refractivity contribution in [3.8, 4) is 5.69 Å². The Morgan fingerprint density at radius 1 is 0.950 bits per heavy atom. The lowest BCUT2D eigenvalue weighted by molar-refractivity contribution is -0.118. The van der Waals surface area contributed by atoms with Crippen molar-refractivity contribution in [2.45, 2.75) is 60.5 Å². The van der Waals surface area contributed by atoms with Crippen LogP contribution in [0.1, 0.15) is 65.3 Å². The number of pyridine rings is 1. The number of anilines is 2. The van der Waals surface area contributed by atoms with Crippen LogP contribution in [0.5, 0.6) is 0 Å². The second kappa shape index (κ2) is 10.9. The van der Waals surface area contributed by atoms with Crippen molar-refractivity contribution in [2.24, 2.45) is 5.92 Å². The molecule has 2 aromatic heterocycles. The normalized spacial score (nSPS) is 16.9. The van der Waals surface area contributed by atoms with Crippen LogP contribution >= 0.6 is 12.2 Å². The molecule has 0 spiro atoms. The summed E-state index contributed by atoms with van der Waals surface area (Å²) in [6.07, 6.45) is 1.83. The van der Waals surface area contributed by atoms with Crippen LogP contribution in [0.4, 0.5) is 11.4 Å². The van der Waals surface area contributed by atoms with E-state index in [4.69, 9.17) is 17.2 Å². The molecule has 2 unspecified atom stereocenters. The molecule has 1 amide bonds. The number of nitrogens with one attached hydrogen (secondary N) is 2. The molecule has 40 heavy (non-hydrogen) atoms. The van der Waals surface area contributed by atoms with Gasteiger partial charge in [0, 0.05) is 34.9 Å². The first-order chi connectivity index (χ1) is 19.1. The first-order valence-corrected chi connectivity index (χ1v) is 14.2. The van der Waals surface area contributed by atoms with Crippen LogP contribution in [0.25, 0.3) is 5.69 Å². The minimum atomic E-state index is -0.138. The Hall–Kier alpha value is -3.97. The number of nitrogens with zero attached hydrogens (tertiary/aromatic N) is 3. The van der Waals surface area contributed by atoms with Crippen molar-refractivity contribution < 1.29 is 4.79 Å². The van der Waals surface area contributed by atoms with Crippen molar-refractivity contribution >= 4 is 34.6 Å². The summed E-state index contributed by atoms with van der Waals surface area (Å²) in [5.41, 5.74) is 10.9. The third-order valence-corrected chi connectivity index (χ3v) is 8.14. The molecule has 5 rings (SSSR count). The number of thiocarbonyl (C=S) groups is 1. The molecule has 1 aliphatic heterocycles. The number of benzene rings is 2. The second-order valence-corrected chi connectivity index (χ2v) is 11.4. The molecule has 4 aromatic rings. The highest BCUT2D eigenvalue weighted by Gasteiger charge is 2.42. The van der Waals surface area contributed by atoms with E-state index in [0.717, 1.165) is 22.6 Å². The van der Waals surface area contributed by atoms with Gasteiger partial charge in [-0.05, 0) is 105 Å². The van der Waals surface area contributed by atoms with Gasteiger partial charge in [-0.2, -0.15) is 0 Å². The van der Waals surface area contributed by atoms with Gasteiger partial charge in [0.1, 0.15) is 0 Å². The average Bonchev–Trinajstić information content (AvgIpc) is 3.41. The van der Waals surface area contributed by atoms with E-state index in [2.05, 4.69) is 84.2 Å². The van der Waals surface area contributed by atoms with E-state index in [1.807, 2.05) is 51.2 Å². The molecule has 6 nitrogen and oxygen atoms in total. The van der Waals surface area contributed by atoms with Crippen LogP contribution in [0.3, 0.4) is 0 Å². The lowest BCUT2D eigenvalue weighted by atomic mass is 9.96. The Balaban J connectivity index is 1.65. The van der Waals surface area contributed by atoms with Gasteiger partial charge in [-0.25, -0.2) is 0 Å². The summed E-state index contributed by atoms with van der Waals surface area (Å²) in [6, 6.07) is 20.6. The summed E-state index contributed by atoms with van der Waals surface area (Å²) in [5.74, 6) is -0.0914. The van der Waals surface area contributed by atoms with E-state index in [0.29, 0.717) is 5.11 Å². The highest BCUT2D eigenvalue weighted by Crippen LogP contribution is 2.44. The maximum absolute atomic E-state index is 12.4. The van der Waals surface area contributed by atoms with E-state index in [1.54, 1.807) is 0 Å². The van der Waals surface area contributed by atoms with Gasteiger partial charge in [0.05, 0.1) is 23.5 Å². The molecule has 206 valence electrons. The van der Waals surface area contributed by atoms with Gasteiger partial charge < -0.3 is 20.1 Å². The van der Waals surface area contributed by atoms with E-state index >= 15 is 0 Å². The second-order valence-electron chi connectivity index (χ2n) is 11.0. The fourth-order valence-electron chi connectivity index (χ4n) is 5.75. The summed E-state index contributed by atoms with van der Waals surface area (Å²) >= 11 is 5.99. The van der Waals surface area contributed by atoms with Gasteiger partial charge in [-0.3, -0.25) is 9.78 Å². The smallest absolute Gasteiger partial charge is 0.226 e. The third-order valence-electron chi connectivity index (χ3n) is 7.82. The summed E-state index contributed by atoms with van der Waals surface area (Å²) in [5, 5.41) is 7.28. The molecule has 2 atom stereocenters. The molecular formula is C33H37N5OS. The highest BCUT2D eigenvalue weighted by atomic mass is 32.1. The predicted octanol–water partition coefficient (Wildman–Crippen LogP) is 7.19. The third kappa shape index (κ3) is 4.90. The minimum absolute atomic E-state index is 0.00115. The zero-order valence-electron chi connectivity index (χ0n) is 24.2. The molecule has 0 radical (unpaired) electrons. The van der Waals surface area contributed by atoms with Gasteiger partial charge in [-0.15, -0.1) is 0 Å². The molecule has 1 fully saturated rings. The minimum Gasteiger partial charge on any atom is -0.351 e. The lowest BCUT2D eigenvalue weighted by Gasteiger charge is -2.29. The topological polar surface area (TPSA) is 62.2 Å². The van der Waals surface area contributed by atoms with E-state index in [1.165, 1.54) is 33.8 Å². The number of hydrogen-bond donors (Lipinski definition) is 2. The number of hydrogen-bond acceptors (Lipinski definition) is 3. The monoisotopic (exact) mass is 551 g/mol. The fourth-order valence-corrected chi connectivity index (χ4v) is 6.10. The Labute approximate surface area is 242 Å². The van der Waals surface area contributed by atoms with Crippen LogP contribution in [0, 0.1) is 40.5 Å². The Morgan fingerprint density at radius 3 is 2.30 bits per heavy atom. The molecule has 0 bridgehead atoms. The summed E-state index contributed by atoms with van der Waals surface area (Å²) in [7, 11) is 0. The van der Waals surface area contributed by atoms with Crippen LogP contribution in [-0.4, -0.2) is 20.6 Å². The first kappa shape index (κ1) is 27.6. The van der Waals surface area contributed by atoms with Crippen molar-refractivity contribution in [3.05, 3.63) is 106 Å². The molecule has 0 aliphatic carbocycles. The number of amides is 1. The molecule has 1 saturated heterocycles. The van der Waals surface area contributed by atoms with E-state index < -0.39 is 0 Å². The van der Waals surface area contributed by atoms with E-state index in [9.17, 15) is 4.79 Å². The van der Waals surface area contributed by atoms with Gasteiger partial charge in [0.2, 0.25) is 5.91 Å². The molecule has 2 aromatic carbocycles. The molecule has 0 saturated carbocycles. The van der Waals surface area contributed by atoms with Crippen LogP contribution in [-0.2, 0) is 4.79 Å². The van der Waals surface area contributed by atoms with Crippen molar-refractivity contribution in [1.82, 2.24) is 14.9 Å². The van der Waals surface area contributed by atoms with E-state index in [-0.39, 0.29) is 23.9 Å². The van der Waals surface area contributed by atoms with Crippen LogP contribution in [0.2, 0.25) is 0 Å². The number of carbonyl (C=O) groups is 1. The van der Waals surface area contributed by atoms with Crippen molar-refractivity contribution in [2.75, 3.05) is 10.2 Å². The first-order valence-electron chi connectivity index (χ1n) is 13.8. The van der Waals surface area contributed by atoms with Crippen LogP contribution in [0.15, 0.2) is 66.9 Å². The number of carbonyl (C=O) groups excluding carboxylic acids is 1. The Morgan fingerprint density at radius 2 is 1.68 bits per heavy atom. The quantitative estimate of drug-likeness (QED) is 0.249. The molecule has 3 heterocycles. The number of aryl methyl sites for hydroxylation is 4. The maximum atomic E-state index is 12.4. The number of para-hydroxylation sites is 1. The van der Waals surface area contributed by atoms with Gasteiger partial charge >= 0.3 is 0 Å². The SMILES string of the molecule is Cc1cc(N2C(=S)NC(c3ccccn3)C2c2cc(C)n(-c3c(C)cccc3C)c2C)ccc1NC(=O)C(C)C. The molecule has 7 heteroatoms. The summed E-state index contributed by atoms with van der Waals surface area (Å²) in [4.78, 5) is 19.3. The van der Waals surface area contributed by atoms with Crippen molar-refractivity contribution in [3.63, 3.8) is 0 Å².